The first-order valence-corrected chi connectivity index (χ1v) is 11.9. The van der Waals surface area contributed by atoms with Crippen molar-refractivity contribution < 1.29 is 71.0 Å². The molecule has 0 radical (unpaired) electrons. The number of amides is 3. The number of hydrogen-bond donors (Lipinski definition) is 4. The number of urea groups is 1. The minimum atomic E-state index is -6.09. The fraction of sp³-hybridized carbons (Fsp3) is 0.778. The lowest BCUT2D eigenvalue weighted by molar-refractivity contribution is -0.250. The second-order valence-electron chi connectivity index (χ2n) is 5.67. The molecule has 0 bridgehead atoms. The summed E-state index contributed by atoms with van der Waals surface area (Å²) in [5, 5.41) is 21.8. The van der Waals surface area contributed by atoms with Gasteiger partial charge in [-0.25, -0.2) is 13.4 Å². The quantitative estimate of drug-likeness (QED) is 0.238. The number of aliphatic hydroxyl groups excluding tert-OH is 2. The lowest BCUT2D eigenvalue weighted by atomic mass is 10.1. The lowest BCUT2D eigenvalue weighted by Crippen LogP contribution is -2.56. The summed E-state index contributed by atoms with van der Waals surface area (Å²) in [5.74, 6) is -0.585. The number of nitrogens with zero attached hydrogens (tertiary/aromatic N) is 1. The lowest BCUT2D eigenvalue weighted by Gasteiger charge is -2.33. The minimum Gasteiger partial charge on any atom is -0.756 e. The molecule has 2 aliphatic rings. The van der Waals surface area contributed by atoms with E-state index in [2.05, 4.69) is 13.1 Å². The maximum absolute atomic E-state index is 11.8. The van der Waals surface area contributed by atoms with Crippen LogP contribution in [0.3, 0.4) is 0 Å². The first kappa shape index (κ1) is 24.5. The van der Waals surface area contributed by atoms with E-state index in [0.29, 0.717) is 0 Å². The van der Waals surface area contributed by atoms with Gasteiger partial charge in [-0.05, 0) is 0 Å². The van der Waals surface area contributed by atoms with Crippen LogP contribution in [-0.2, 0) is 36.4 Å². The summed E-state index contributed by atoms with van der Waals surface area (Å²) in [6.07, 6.45) is -6.79. The fourth-order valence-corrected chi connectivity index (χ4v) is 5.29. The van der Waals surface area contributed by atoms with Crippen LogP contribution in [0.25, 0.3) is 0 Å². The summed E-state index contributed by atoms with van der Waals surface area (Å²) >= 11 is 0. The van der Waals surface area contributed by atoms with Gasteiger partial charge in [-0.1, -0.05) is 0 Å². The number of rotatable bonds is 8. The van der Waals surface area contributed by atoms with Gasteiger partial charge in [0.15, 0.2) is 6.23 Å². The van der Waals surface area contributed by atoms with Crippen LogP contribution in [0.4, 0.5) is 4.79 Å². The monoisotopic (exact) mass is 483 g/mol. The Bertz CT molecular complexity index is 798. The van der Waals surface area contributed by atoms with Crippen molar-refractivity contribution in [2.45, 2.75) is 31.0 Å². The van der Waals surface area contributed by atoms with Crippen LogP contribution in [0.2, 0.25) is 0 Å². The van der Waals surface area contributed by atoms with Gasteiger partial charge in [0.1, 0.15) is 18.3 Å². The molecular weight excluding hydrogens is 469 g/mol. The van der Waals surface area contributed by atoms with Gasteiger partial charge in [0.25, 0.3) is 23.5 Å². The molecule has 0 aromatic rings. The zero-order valence-corrected chi connectivity index (χ0v) is 16.6. The number of phosphoric acid groups is 3. The molecule has 168 valence electrons. The number of imide groups is 1. The molecule has 2 rings (SSSR count). The van der Waals surface area contributed by atoms with E-state index >= 15 is 0 Å². The number of carbonyl (C=O) groups excluding carboxylic acids is 2. The van der Waals surface area contributed by atoms with Crippen molar-refractivity contribution in [3.05, 3.63) is 0 Å². The Balaban J connectivity index is 1.97. The molecule has 7 atom stereocenters. The SMILES string of the molecule is O=C1CCN(C2OC(COP(=O)([O-])OP(=O)([O-])OP(=O)([O-])O)C(O)C2O)C(=O)N1. The van der Waals surface area contributed by atoms with Crippen LogP contribution in [0.1, 0.15) is 6.42 Å². The van der Waals surface area contributed by atoms with Crippen LogP contribution in [0.5, 0.6) is 0 Å². The third-order valence-electron chi connectivity index (χ3n) is 3.53. The Hall–Kier alpha value is -0.770. The molecule has 0 spiro atoms. The van der Waals surface area contributed by atoms with E-state index in [0.717, 1.165) is 4.90 Å². The molecule has 2 saturated heterocycles. The van der Waals surface area contributed by atoms with Gasteiger partial charge in [0.05, 0.1) is 6.61 Å². The van der Waals surface area contributed by atoms with E-state index in [1.807, 2.05) is 5.32 Å². The van der Waals surface area contributed by atoms with Crippen LogP contribution in [0.15, 0.2) is 0 Å². The smallest absolute Gasteiger partial charge is 0.326 e. The van der Waals surface area contributed by atoms with E-state index in [1.54, 1.807) is 0 Å². The molecule has 0 aromatic heterocycles. The van der Waals surface area contributed by atoms with Gasteiger partial charge in [0, 0.05) is 13.0 Å². The molecule has 2 fully saturated rings. The molecule has 2 aliphatic heterocycles. The highest BCUT2D eigenvalue weighted by molar-refractivity contribution is 7.65. The molecule has 0 saturated carbocycles. The molecule has 0 aliphatic carbocycles. The maximum atomic E-state index is 11.8. The first-order chi connectivity index (χ1) is 13.1. The van der Waals surface area contributed by atoms with E-state index in [9.17, 15) is 48.2 Å². The zero-order chi connectivity index (χ0) is 22.2. The van der Waals surface area contributed by atoms with Crippen molar-refractivity contribution in [1.29, 1.82) is 0 Å². The topological polar surface area (TPSA) is 267 Å². The van der Waals surface area contributed by atoms with Crippen LogP contribution >= 0.6 is 23.5 Å². The summed E-state index contributed by atoms with van der Waals surface area (Å²) in [7, 11) is -17.8. The first-order valence-electron chi connectivity index (χ1n) is 7.45. The summed E-state index contributed by atoms with van der Waals surface area (Å²) in [5.41, 5.74) is 0. The molecule has 0 aromatic carbocycles. The van der Waals surface area contributed by atoms with Gasteiger partial charge in [0.2, 0.25) is 5.91 Å². The predicted octanol–water partition coefficient (Wildman–Crippen LogP) is -4.18. The summed E-state index contributed by atoms with van der Waals surface area (Å²) in [4.78, 5) is 65.0. The number of nitrogens with one attached hydrogen (secondary N) is 1. The number of phosphoric ester groups is 1. The summed E-state index contributed by atoms with van der Waals surface area (Å²) in [6, 6.07) is -0.938. The third kappa shape index (κ3) is 6.87. The van der Waals surface area contributed by atoms with Gasteiger partial charge in [-0.3, -0.25) is 28.7 Å². The van der Waals surface area contributed by atoms with E-state index in [-0.39, 0.29) is 13.0 Å². The highest BCUT2D eigenvalue weighted by Gasteiger charge is 2.48. The van der Waals surface area contributed by atoms with Gasteiger partial charge in [-0.2, -0.15) is 0 Å². The second kappa shape index (κ2) is 8.77. The van der Waals surface area contributed by atoms with Gasteiger partial charge < -0.3 is 39.0 Å². The van der Waals surface area contributed by atoms with E-state index in [4.69, 9.17) is 9.63 Å². The molecular formula is C9H14N2O15P3-3. The zero-order valence-electron chi connectivity index (χ0n) is 14.0. The Morgan fingerprint density at radius 2 is 1.72 bits per heavy atom. The van der Waals surface area contributed by atoms with Crippen molar-refractivity contribution in [3.8, 4) is 0 Å². The molecule has 20 heteroatoms. The third-order valence-corrected chi connectivity index (χ3v) is 7.22. The summed E-state index contributed by atoms with van der Waals surface area (Å²) in [6.45, 7) is -1.30. The van der Waals surface area contributed by atoms with Crippen LogP contribution in [0, 0.1) is 0 Å². The standard InChI is InChI=1S/C9H17N2O15P3/c12-5-1-2-11(9(15)10-5)8-7(14)6(13)4(24-8)3-23-28(19,20)26-29(21,22)25-27(16,17)18/h4,6-8,13-14H,1-3H2,(H,19,20)(H,21,22)(H,10,12,15)(H2,16,17,18)/p-3. The Labute approximate surface area is 161 Å². The number of hydrogen-bond acceptors (Lipinski definition) is 14. The van der Waals surface area contributed by atoms with Crippen molar-refractivity contribution in [2.75, 3.05) is 13.2 Å². The summed E-state index contributed by atoms with van der Waals surface area (Å²) < 4.78 is 48.7. The average molecular weight is 483 g/mol. The fourth-order valence-electron chi connectivity index (χ4n) is 2.40. The van der Waals surface area contributed by atoms with E-state index < -0.39 is 66.6 Å². The highest BCUT2D eigenvalue weighted by atomic mass is 31.3. The second-order valence-corrected chi connectivity index (χ2v) is 9.96. The average Bonchev–Trinajstić information content (AvgIpc) is 2.78. The Morgan fingerprint density at radius 1 is 1.10 bits per heavy atom. The number of carbonyl (C=O) groups is 2. The minimum absolute atomic E-state index is 0.133. The number of aliphatic hydroxyl groups is 2. The van der Waals surface area contributed by atoms with Gasteiger partial charge in [-0.15, -0.1) is 0 Å². The molecule has 4 N–H and O–H groups in total. The predicted molar refractivity (Wildman–Crippen MR) is 78.7 cm³/mol. The van der Waals surface area contributed by atoms with Crippen molar-refractivity contribution in [3.63, 3.8) is 0 Å². The molecule has 7 unspecified atom stereocenters. The van der Waals surface area contributed by atoms with Crippen molar-refractivity contribution >= 4 is 35.4 Å². The maximum Gasteiger partial charge on any atom is 0.326 e. The Morgan fingerprint density at radius 3 is 2.28 bits per heavy atom. The van der Waals surface area contributed by atoms with Crippen molar-refractivity contribution in [2.24, 2.45) is 0 Å². The molecule has 3 amide bonds. The van der Waals surface area contributed by atoms with E-state index in [1.165, 1.54) is 0 Å². The Kier molecular flexibility index (Phi) is 7.41. The molecule has 2 heterocycles. The van der Waals surface area contributed by atoms with Crippen LogP contribution in [-0.4, -0.2) is 69.6 Å². The highest BCUT2D eigenvalue weighted by Crippen LogP contribution is 2.61. The van der Waals surface area contributed by atoms with Crippen molar-refractivity contribution in [1.82, 2.24) is 10.2 Å². The van der Waals surface area contributed by atoms with Gasteiger partial charge >= 0.3 is 6.03 Å². The molecule has 17 nitrogen and oxygen atoms in total. The van der Waals surface area contributed by atoms with Crippen LogP contribution < -0.4 is 20.0 Å². The normalized spacial score (nSPS) is 34.2. The number of ether oxygens (including phenoxy) is 1. The molecule has 29 heavy (non-hydrogen) atoms. The largest absolute Gasteiger partial charge is 0.756 e.